The van der Waals surface area contributed by atoms with Crippen molar-refractivity contribution >= 4 is 0 Å². The highest BCUT2D eigenvalue weighted by Gasteiger charge is 2.04. The van der Waals surface area contributed by atoms with Crippen molar-refractivity contribution in [2.75, 3.05) is 6.54 Å². The molecule has 0 aliphatic carbocycles. The van der Waals surface area contributed by atoms with Gasteiger partial charge in [-0.25, -0.2) is 0 Å². The van der Waals surface area contributed by atoms with Crippen molar-refractivity contribution in [1.29, 1.82) is 0 Å². The molecular weight excluding hydrogens is 210 g/mol. The Labute approximate surface area is 105 Å². The standard InChI is InChI=1S/C15H23NO/c1-5-11-16-13(4)14-7-9-15(10-8-14)17-12(3)6-2/h6-10,12-13,16H,2,5,11H2,1,3-4H3. The zero-order valence-corrected chi connectivity index (χ0v) is 11.1. The van der Waals surface area contributed by atoms with Gasteiger partial charge in [0.15, 0.2) is 0 Å². The lowest BCUT2D eigenvalue weighted by molar-refractivity contribution is 0.270. The number of ether oxygens (including phenoxy) is 1. The molecule has 0 aliphatic rings. The summed E-state index contributed by atoms with van der Waals surface area (Å²) >= 11 is 0. The maximum Gasteiger partial charge on any atom is 0.120 e. The van der Waals surface area contributed by atoms with E-state index in [4.69, 9.17) is 4.74 Å². The maximum atomic E-state index is 5.64. The third-order valence-corrected chi connectivity index (χ3v) is 2.73. The highest BCUT2D eigenvalue weighted by molar-refractivity contribution is 5.29. The van der Waals surface area contributed by atoms with Crippen LogP contribution in [0.15, 0.2) is 36.9 Å². The van der Waals surface area contributed by atoms with Crippen LogP contribution in [0.3, 0.4) is 0 Å². The molecule has 1 N–H and O–H groups in total. The van der Waals surface area contributed by atoms with E-state index in [2.05, 4.69) is 37.9 Å². The van der Waals surface area contributed by atoms with Gasteiger partial charge in [0, 0.05) is 6.04 Å². The van der Waals surface area contributed by atoms with Crippen LogP contribution in [-0.4, -0.2) is 12.6 Å². The Kier molecular flexibility index (Phi) is 5.78. The van der Waals surface area contributed by atoms with Crippen LogP contribution >= 0.6 is 0 Å². The second-order valence-corrected chi connectivity index (χ2v) is 4.30. The number of benzene rings is 1. The lowest BCUT2D eigenvalue weighted by Gasteiger charge is -2.15. The van der Waals surface area contributed by atoms with E-state index in [0.717, 1.165) is 18.7 Å². The summed E-state index contributed by atoms with van der Waals surface area (Å²) in [4.78, 5) is 0. The van der Waals surface area contributed by atoms with Gasteiger partial charge in [-0.2, -0.15) is 0 Å². The van der Waals surface area contributed by atoms with Crippen molar-refractivity contribution < 1.29 is 4.74 Å². The van der Waals surface area contributed by atoms with E-state index in [1.165, 1.54) is 5.56 Å². The van der Waals surface area contributed by atoms with E-state index in [9.17, 15) is 0 Å². The first-order chi connectivity index (χ1) is 8.17. The molecule has 0 heterocycles. The molecule has 1 rings (SSSR count). The van der Waals surface area contributed by atoms with Crippen molar-refractivity contribution in [3.63, 3.8) is 0 Å². The Hall–Kier alpha value is -1.28. The monoisotopic (exact) mass is 233 g/mol. The predicted molar refractivity (Wildman–Crippen MR) is 73.4 cm³/mol. The Morgan fingerprint density at radius 3 is 2.47 bits per heavy atom. The fraction of sp³-hybridized carbons (Fsp3) is 0.467. The van der Waals surface area contributed by atoms with Gasteiger partial charge >= 0.3 is 0 Å². The molecule has 1 aromatic carbocycles. The van der Waals surface area contributed by atoms with Gasteiger partial charge in [0.05, 0.1) is 0 Å². The molecule has 2 atom stereocenters. The van der Waals surface area contributed by atoms with Gasteiger partial charge in [0.25, 0.3) is 0 Å². The summed E-state index contributed by atoms with van der Waals surface area (Å²) in [6.07, 6.45) is 3.00. The first-order valence-corrected chi connectivity index (χ1v) is 6.30. The zero-order chi connectivity index (χ0) is 12.7. The molecule has 0 saturated carbocycles. The average molecular weight is 233 g/mol. The minimum Gasteiger partial charge on any atom is -0.487 e. The Morgan fingerprint density at radius 1 is 1.29 bits per heavy atom. The van der Waals surface area contributed by atoms with Crippen molar-refractivity contribution in [3.05, 3.63) is 42.5 Å². The molecule has 2 unspecified atom stereocenters. The number of hydrogen-bond donors (Lipinski definition) is 1. The van der Waals surface area contributed by atoms with Gasteiger partial charge in [-0.3, -0.25) is 0 Å². The normalized spacial score (nSPS) is 14.1. The number of rotatable bonds is 7. The van der Waals surface area contributed by atoms with Crippen LogP contribution in [0, 0.1) is 0 Å². The molecule has 2 heteroatoms. The number of hydrogen-bond acceptors (Lipinski definition) is 2. The molecular formula is C15H23NO. The molecule has 0 fully saturated rings. The SMILES string of the molecule is C=CC(C)Oc1ccc(C(C)NCCC)cc1. The lowest BCUT2D eigenvalue weighted by atomic mass is 10.1. The molecule has 17 heavy (non-hydrogen) atoms. The van der Waals surface area contributed by atoms with Crippen LogP contribution in [0.1, 0.15) is 38.8 Å². The van der Waals surface area contributed by atoms with Crippen molar-refractivity contribution in [2.24, 2.45) is 0 Å². The molecule has 0 aliphatic heterocycles. The van der Waals surface area contributed by atoms with Gasteiger partial charge in [-0.15, -0.1) is 0 Å². The van der Waals surface area contributed by atoms with E-state index in [0.29, 0.717) is 6.04 Å². The van der Waals surface area contributed by atoms with E-state index >= 15 is 0 Å². The summed E-state index contributed by atoms with van der Waals surface area (Å²) in [6.45, 7) is 11.1. The highest BCUT2D eigenvalue weighted by atomic mass is 16.5. The summed E-state index contributed by atoms with van der Waals surface area (Å²) in [6, 6.07) is 8.64. The molecule has 0 aromatic heterocycles. The second-order valence-electron chi connectivity index (χ2n) is 4.30. The van der Waals surface area contributed by atoms with Crippen molar-refractivity contribution in [1.82, 2.24) is 5.32 Å². The van der Waals surface area contributed by atoms with Crippen LogP contribution in [-0.2, 0) is 0 Å². The summed E-state index contributed by atoms with van der Waals surface area (Å²) in [7, 11) is 0. The molecule has 0 radical (unpaired) electrons. The molecule has 94 valence electrons. The predicted octanol–water partition coefficient (Wildman–Crippen LogP) is 3.70. The van der Waals surface area contributed by atoms with Crippen LogP contribution < -0.4 is 10.1 Å². The molecule has 0 saturated heterocycles. The van der Waals surface area contributed by atoms with Crippen molar-refractivity contribution in [3.8, 4) is 5.75 Å². The second kappa shape index (κ2) is 7.13. The fourth-order valence-corrected chi connectivity index (χ4v) is 1.58. The van der Waals surface area contributed by atoms with Gasteiger partial charge in [-0.1, -0.05) is 31.7 Å². The molecule has 1 aromatic rings. The summed E-state index contributed by atoms with van der Waals surface area (Å²) in [5, 5.41) is 3.46. The van der Waals surface area contributed by atoms with Gasteiger partial charge < -0.3 is 10.1 Å². The topological polar surface area (TPSA) is 21.3 Å². The Bertz CT molecular complexity index is 331. The average Bonchev–Trinajstić information content (AvgIpc) is 2.36. The first-order valence-electron chi connectivity index (χ1n) is 6.30. The maximum absolute atomic E-state index is 5.64. The first kappa shape index (κ1) is 13.8. The zero-order valence-electron chi connectivity index (χ0n) is 11.1. The Morgan fingerprint density at radius 2 is 1.94 bits per heavy atom. The van der Waals surface area contributed by atoms with Crippen LogP contribution in [0.4, 0.5) is 0 Å². The Balaban J connectivity index is 2.57. The largest absolute Gasteiger partial charge is 0.487 e. The minimum atomic E-state index is 0.0523. The molecule has 0 amide bonds. The summed E-state index contributed by atoms with van der Waals surface area (Å²) in [5.74, 6) is 0.892. The van der Waals surface area contributed by atoms with E-state index < -0.39 is 0 Å². The van der Waals surface area contributed by atoms with E-state index in [1.54, 1.807) is 6.08 Å². The van der Waals surface area contributed by atoms with E-state index in [1.807, 2.05) is 19.1 Å². The highest BCUT2D eigenvalue weighted by Crippen LogP contribution is 2.18. The van der Waals surface area contributed by atoms with Gasteiger partial charge in [0.2, 0.25) is 0 Å². The van der Waals surface area contributed by atoms with Crippen LogP contribution in [0.25, 0.3) is 0 Å². The third-order valence-electron chi connectivity index (χ3n) is 2.73. The summed E-state index contributed by atoms with van der Waals surface area (Å²) < 4.78 is 5.64. The van der Waals surface area contributed by atoms with Crippen LogP contribution in [0.2, 0.25) is 0 Å². The molecule has 0 bridgehead atoms. The van der Waals surface area contributed by atoms with Crippen molar-refractivity contribution in [2.45, 2.75) is 39.3 Å². The van der Waals surface area contributed by atoms with Gasteiger partial charge in [-0.05, 0) is 44.5 Å². The molecule has 0 spiro atoms. The third kappa shape index (κ3) is 4.61. The van der Waals surface area contributed by atoms with Gasteiger partial charge in [0.1, 0.15) is 11.9 Å². The quantitative estimate of drug-likeness (QED) is 0.725. The lowest BCUT2D eigenvalue weighted by Crippen LogP contribution is -2.19. The number of nitrogens with one attached hydrogen (secondary N) is 1. The summed E-state index contributed by atoms with van der Waals surface area (Å²) in [5.41, 5.74) is 1.29. The fourth-order valence-electron chi connectivity index (χ4n) is 1.58. The van der Waals surface area contributed by atoms with Crippen LogP contribution in [0.5, 0.6) is 5.75 Å². The van der Waals surface area contributed by atoms with E-state index in [-0.39, 0.29) is 6.10 Å². The minimum absolute atomic E-state index is 0.0523. The smallest absolute Gasteiger partial charge is 0.120 e. The molecule has 2 nitrogen and oxygen atoms in total.